The van der Waals surface area contributed by atoms with Crippen molar-refractivity contribution in [3.05, 3.63) is 12.7 Å². The summed E-state index contributed by atoms with van der Waals surface area (Å²) in [6.07, 6.45) is 1.34. The normalized spacial score (nSPS) is 14.4. The number of sulfonamides is 1. The van der Waals surface area contributed by atoms with E-state index in [-0.39, 0.29) is 11.8 Å². The van der Waals surface area contributed by atoms with Gasteiger partial charge >= 0.3 is 0 Å². The van der Waals surface area contributed by atoms with Gasteiger partial charge in [-0.25, -0.2) is 13.1 Å². The Hall–Kier alpha value is -0.390. The van der Waals surface area contributed by atoms with E-state index in [0.29, 0.717) is 6.54 Å². The highest BCUT2D eigenvalue weighted by Gasteiger charge is 2.10. The standard InChI is InChI=1S/C6H14N2O2S/c1-3-4-11(9,10)8-6(2)5-7/h3,6,8H,1,4-5,7H2,2H3. The van der Waals surface area contributed by atoms with Crippen molar-refractivity contribution >= 4 is 10.0 Å². The number of hydrogen-bond acceptors (Lipinski definition) is 3. The Morgan fingerprint density at radius 2 is 2.27 bits per heavy atom. The first kappa shape index (κ1) is 10.6. The molecule has 3 N–H and O–H groups in total. The van der Waals surface area contributed by atoms with Gasteiger partial charge in [0.25, 0.3) is 0 Å². The van der Waals surface area contributed by atoms with Gasteiger partial charge in [-0.2, -0.15) is 0 Å². The van der Waals surface area contributed by atoms with Gasteiger partial charge in [0.05, 0.1) is 5.75 Å². The van der Waals surface area contributed by atoms with Crippen LogP contribution in [0.1, 0.15) is 6.92 Å². The Morgan fingerprint density at radius 3 is 2.64 bits per heavy atom. The number of rotatable bonds is 5. The van der Waals surface area contributed by atoms with E-state index in [1.807, 2.05) is 0 Å². The Bertz CT molecular complexity index is 211. The largest absolute Gasteiger partial charge is 0.329 e. The van der Waals surface area contributed by atoms with Gasteiger partial charge in [-0.05, 0) is 6.92 Å². The van der Waals surface area contributed by atoms with Crippen LogP contribution in [0.5, 0.6) is 0 Å². The van der Waals surface area contributed by atoms with Gasteiger partial charge in [-0.3, -0.25) is 0 Å². The molecule has 0 aliphatic heterocycles. The van der Waals surface area contributed by atoms with Crippen LogP contribution in [0.4, 0.5) is 0 Å². The van der Waals surface area contributed by atoms with Gasteiger partial charge in [-0.15, -0.1) is 6.58 Å². The monoisotopic (exact) mass is 178 g/mol. The second kappa shape index (κ2) is 4.48. The fourth-order valence-corrected chi connectivity index (χ4v) is 1.67. The maximum absolute atomic E-state index is 11.0. The zero-order chi connectivity index (χ0) is 8.91. The molecule has 0 bridgehead atoms. The summed E-state index contributed by atoms with van der Waals surface area (Å²) in [5.41, 5.74) is 5.22. The molecule has 0 aromatic carbocycles. The molecule has 5 heteroatoms. The van der Waals surface area contributed by atoms with Crippen molar-refractivity contribution in [1.29, 1.82) is 0 Å². The lowest BCUT2D eigenvalue weighted by Crippen LogP contribution is -2.38. The molecule has 0 heterocycles. The summed E-state index contributed by atoms with van der Waals surface area (Å²) in [6.45, 7) is 5.34. The molecule has 0 rings (SSSR count). The molecule has 0 aromatic heterocycles. The fraction of sp³-hybridized carbons (Fsp3) is 0.667. The minimum Gasteiger partial charge on any atom is -0.329 e. The second-order valence-electron chi connectivity index (χ2n) is 2.32. The highest BCUT2D eigenvalue weighted by molar-refractivity contribution is 7.89. The zero-order valence-electron chi connectivity index (χ0n) is 6.58. The average molecular weight is 178 g/mol. The summed E-state index contributed by atoms with van der Waals surface area (Å²) in [4.78, 5) is 0. The fourth-order valence-electron chi connectivity index (χ4n) is 0.558. The lowest BCUT2D eigenvalue weighted by Gasteiger charge is -2.09. The number of nitrogens with one attached hydrogen (secondary N) is 1. The quantitative estimate of drug-likeness (QED) is 0.554. The third-order valence-electron chi connectivity index (χ3n) is 1.07. The van der Waals surface area contributed by atoms with Crippen molar-refractivity contribution in [2.24, 2.45) is 5.73 Å². The molecular weight excluding hydrogens is 164 g/mol. The smallest absolute Gasteiger partial charge is 0.215 e. The van der Waals surface area contributed by atoms with E-state index in [1.54, 1.807) is 6.92 Å². The van der Waals surface area contributed by atoms with Crippen molar-refractivity contribution in [3.63, 3.8) is 0 Å². The Kier molecular flexibility index (Phi) is 4.32. The molecule has 0 spiro atoms. The van der Waals surface area contributed by atoms with Gasteiger partial charge in [-0.1, -0.05) is 6.08 Å². The van der Waals surface area contributed by atoms with E-state index < -0.39 is 10.0 Å². The molecule has 4 nitrogen and oxygen atoms in total. The molecule has 0 amide bonds. The first-order chi connectivity index (χ1) is 5.02. The molecule has 0 saturated carbocycles. The lowest BCUT2D eigenvalue weighted by molar-refractivity contribution is 0.565. The van der Waals surface area contributed by atoms with Gasteiger partial charge in [0.2, 0.25) is 10.0 Å². The Morgan fingerprint density at radius 1 is 1.73 bits per heavy atom. The van der Waals surface area contributed by atoms with Gasteiger partial charge in [0.1, 0.15) is 0 Å². The Balaban J connectivity index is 4.02. The highest BCUT2D eigenvalue weighted by atomic mass is 32.2. The molecule has 0 saturated heterocycles. The minimum atomic E-state index is -3.19. The van der Waals surface area contributed by atoms with Crippen molar-refractivity contribution in [1.82, 2.24) is 4.72 Å². The van der Waals surface area contributed by atoms with Crippen LogP contribution in [0, 0.1) is 0 Å². The molecule has 1 atom stereocenters. The topological polar surface area (TPSA) is 72.2 Å². The number of hydrogen-bond donors (Lipinski definition) is 2. The third kappa shape index (κ3) is 4.94. The minimum absolute atomic E-state index is 0.0582. The molecule has 66 valence electrons. The van der Waals surface area contributed by atoms with Crippen molar-refractivity contribution in [3.8, 4) is 0 Å². The molecule has 0 aromatic rings. The highest BCUT2D eigenvalue weighted by Crippen LogP contribution is 1.87. The molecular formula is C6H14N2O2S. The Labute approximate surface area is 67.5 Å². The summed E-state index contributed by atoms with van der Waals surface area (Å²) in [6, 6.07) is -0.208. The predicted octanol–water partition coefficient (Wildman–Crippen LogP) is -0.561. The molecule has 0 fully saturated rings. The zero-order valence-corrected chi connectivity index (χ0v) is 7.39. The van der Waals surface area contributed by atoms with Crippen LogP contribution in [0.2, 0.25) is 0 Å². The van der Waals surface area contributed by atoms with E-state index >= 15 is 0 Å². The third-order valence-corrected chi connectivity index (χ3v) is 2.51. The summed E-state index contributed by atoms with van der Waals surface area (Å²) in [7, 11) is -3.19. The molecule has 0 aliphatic rings. The molecule has 0 radical (unpaired) electrons. The van der Waals surface area contributed by atoms with Crippen molar-refractivity contribution in [2.45, 2.75) is 13.0 Å². The maximum atomic E-state index is 11.0. The summed E-state index contributed by atoms with van der Waals surface area (Å²) < 4.78 is 24.3. The van der Waals surface area contributed by atoms with Gasteiger partial charge in [0, 0.05) is 12.6 Å². The van der Waals surface area contributed by atoms with Crippen molar-refractivity contribution in [2.75, 3.05) is 12.3 Å². The lowest BCUT2D eigenvalue weighted by atomic mass is 10.4. The summed E-state index contributed by atoms with van der Waals surface area (Å²) in [5, 5.41) is 0. The predicted molar refractivity (Wildman–Crippen MR) is 45.6 cm³/mol. The number of nitrogens with two attached hydrogens (primary N) is 1. The van der Waals surface area contributed by atoms with Crippen LogP contribution in [-0.2, 0) is 10.0 Å². The van der Waals surface area contributed by atoms with E-state index in [4.69, 9.17) is 5.73 Å². The first-order valence-electron chi connectivity index (χ1n) is 3.33. The van der Waals surface area contributed by atoms with Gasteiger partial charge in [0.15, 0.2) is 0 Å². The second-order valence-corrected chi connectivity index (χ2v) is 4.12. The van der Waals surface area contributed by atoms with Crippen LogP contribution >= 0.6 is 0 Å². The summed E-state index contributed by atoms with van der Waals surface area (Å²) in [5.74, 6) is -0.0582. The van der Waals surface area contributed by atoms with Crippen LogP contribution in [0.25, 0.3) is 0 Å². The maximum Gasteiger partial charge on any atom is 0.215 e. The molecule has 1 unspecified atom stereocenters. The molecule has 0 aliphatic carbocycles. The van der Waals surface area contributed by atoms with Gasteiger partial charge < -0.3 is 5.73 Å². The first-order valence-corrected chi connectivity index (χ1v) is 4.98. The van der Waals surface area contributed by atoms with Crippen molar-refractivity contribution < 1.29 is 8.42 Å². The van der Waals surface area contributed by atoms with Crippen LogP contribution in [-0.4, -0.2) is 26.8 Å². The SMILES string of the molecule is C=CCS(=O)(=O)NC(C)CN. The van der Waals surface area contributed by atoms with Crippen LogP contribution < -0.4 is 10.5 Å². The summed E-state index contributed by atoms with van der Waals surface area (Å²) >= 11 is 0. The van der Waals surface area contributed by atoms with Crippen LogP contribution in [0.3, 0.4) is 0 Å². The van der Waals surface area contributed by atoms with E-state index in [0.717, 1.165) is 0 Å². The van der Waals surface area contributed by atoms with E-state index in [9.17, 15) is 8.42 Å². The average Bonchev–Trinajstić information content (AvgIpc) is 1.86. The molecule has 11 heavy (non-hydrogen) atoms. The van der Waals surface area contributed by atoms with E-state index in [2.05, 4.69) is 11.3 Å². The van der Waals surface area contributed by atoms with E-state index in [1.165, 1.54) is 6.08 Å². The van der Waals surface area contributed by atoms with Crippen LogP contribution in [0.15, 0.2) is 12.7 Å².